The number of hydrogen-bond acceptors (Lipinski definition) is 0. The summed E-state index contributed by atoms with van der Waals surface area (Å²) in [6, 6.07) is 0. The molecule has 5 nitrogen and oxygen atoms in total. The van der Waals surface area contributed by atoms with Crippen LogP contribution >= 0.6 is 0 Å². The van der Waals surface area contributed by atoms with Crippen LogP contribution in [0.25, 0.3) is 0 Å². The molecule has 0 aliphatic carbocycles. The van der Waals surface area contributed by atoms with Gasteiger partial charge in [0, 0.05) is 0 Å². The average Bonchev–Trinajstić information content (AvgIpc) is 0. The van der Waals surface area contributed by atoms with Crippen LogP contribution in [0.5, 0.6) is 0 Å². The van der Waals surface area contributed by atoms with Gasteiger partial charge in [0.15, 0.2) is 0 Å². The second-order valence-corrected chi connectivity index (χ2v) is 0. The van der Waals surface area contributed by atoms with E-state index in [-0.39, 0.29) is 87.6 Å². The number of rotatable bonds is 0. The molecule has 8 heteroatoms. The molecular formula is MgO5SiZr. The molecular weight excluding hydrogens is 224 g/mol. The van der Waals surface area contributed by atoms with Crippen molar-refractivity contribution in [1.29, 1.82) is 0 Å². The molecule has 0 rings (SSSR count). The van der Waals surface area contributed by atoms with Gasteiger partial charge in [-0.05, 0) is 0 Å². The molecule has 0 N–H and O–H groups in total. The zero-order valence-electron chi connectivity index (χ0n) is 3.75. The van der Waals surface area contributed by atoms with Gasteiger partial charge in [0.2, 0.25) is 0 Å². The summed E-state index contributed by atoms with van der Waals surface area (Å²) in [7, 11) is 0. The van der Waals surface area contributed by atoms with E-state index in [1.807, 2.05) is 0 Å². The molecule has 0 amide bonds. The Morgan fingerprint density at radius 2 is 0.500 bits per heavy atom. The molecule has 0 saturated heterocycles. The molecule has 0 aromatic rings. The van der Waals surface area contributed by atoms with Crippen LogP contribution < -0.4 is 0 Å². The van der Waals surface area contributed by atoms with E-state index in [1.165, 1.54) is 0 Å². The molecule has 0 fully saturated rings. The molecule has 0 saturated carbocycles. The summed E-state index contributed by atoms with van der Waals surface area (Å²) in [4.78, 5) is 0. The van der Waals surface area contributed by atoms with Crippen LogP contribution in [0.15, 0.2) is 0 Å². The SMILES string of the molecule is [Mg+2].[O-2].[O-2].[O-2].[O-2].[O-2].[Si+4].[Zr+4]. The van der Waals surface area contributed by atoms with E-state index in [0.29, 0.717) is 0 Å². The molecule has 0 radical (unpaired) electrons. The molecule has 0 unspecified atom stereocenters. The van der Waals surface area contributed by atoms with Crippen molar-refractivity contribution in [1.82, 2.24) is 0 Å². The Bertz CT molecular complexity index is 12.4. The summed E-state index contributed by atoms with van der Waals surface area (Å²) in [6.07, 6.45) is 0. The maximum atomic E-state index is 0. The van der Waals surface area contributed by atoms with Gasteiger partial charge in [-0.1, -0.05) is 0 Å². The Balaban J connectivity index is 0. The van der Waals surface area contributed by atoms with Crippen LogP contribution in [0.2, 0.25) is 0 Å². The zero-order valence-corrected chi connectivity index (χ0v) is 8.62. The van der Waals surface area contributed by atoms with Crippen molar-refractivity contribution in [3.8, 4) is 0 Å². The Morgan fingerprint density at radius 3 is 0.500 bits per heavy atom. The molecule has 0 heterocycles. The van der Waals surface area contributed by atoms with Crippen molar-refractivity contribution in [2.45, 2.75) is 0 Å². The Morgan fingerprint density at radius 1 is 0.500 bits per heavy atom. The molecule has 8 heavy (non-hydrogen) atoms. The van der Waals surface area contributed by atoms with Gasteiger partial charge >= 0.3 is 60.2 Å². The molecule has 0 bridgehead atoms. The molecule has 0 aliphatic rings. The predicted octanol–water partition coefficient (Wildman–Crippen LogP) is -1.36. The second-order valence-electron chi connectivity index (χ2n) is 0. The third-order valence-electron chi connectivity index (χ3n) is 0. The minimum atomic E-state index is 0. The maximum absolute atomic E-state index is 0. The Kier molecular flexibility index (Phi) is 6000. The first-order chi connectivity index (χ1) is 0. The van der Waals surface area contributed by atoms with Gasteiger partial charge in [-0.3, -0.25) is 0 Å². The van der Waals surface area contributed by atoms with E-state index in [1.54, 1.807) is 0 Å². The van der Waals surface area contributed by atoms with Crippen LogP contribution in [-0.4, -0.2) is 34.0 Å². The van der Waals surface area contributed by atoms with E-state index in [0.717, 1.165) is 0 Å². The summed E-state index contributed by atoms with van der Waals surface area (Å²) in [6.45, 7) is 0. The van der Waals surface area contributed by atoms with Gasteiger partial charge in [0.25, 0.3) is 0 Å². The summed E-state index contributed by atoms with van der Waals surface area (Å²) >= 11 is 0. The van der Waals surface area contributed by atoms with Crippen molar-refractivity contribution in [3.05, 3.63) is 0 Å². The number of hydrogen-bond donors (Lipinski definition) is 0. The summed E-state index contributed by atoms with van der Waals surface area (Å²) in [5.74, 6) is 0. The summed E-state index contributed by atoms with van der Waals surface area (Å²) in [5.41, 5.74) is 0. The van der Waals surface area contributed by atoms with E-state index in [9.17, 15) is 0 Å². The Hall–Kier alpha value is 1.67. The first-order valence-corrected chi connectivity index (χ1v) is 0. The van der Waals surface area contributed by atoms with Crippen LogP contribution in [0.1, 0.15) is 0 Å². The third kappa shape index (κ3) is 123. The summed E-state index contributed by atoms with van der Waals surface area (Å²) in [5, 5.41) is 0. The minimum Gasteiger partial charge on any atom is -2.00 e. The molecule has 0 spiro atoms. The van der Waals surface area contributed by atoms with Gasteiger partial charge in [0.05, 0.1) is 0 Å². The second kappa shape index (κ2) is 183. The van der Waals surface area contributed by atoms with Crippen LogP contribution in [0.3, 0.4) is 0 Å². The van der Waals surface area contributed by atoms with E-state index >= 15 is 0 Å². The quantitative estimate of drug-likeness (QED) is 0.447. The van der Waals surface area contributed by atoms with E-state index in [4.69, 9.17) is 0 Å². The van der Waals surface area contributed by atoms with Crippen molar-refractivity contribution in [2.24, 2.45) is 0 Å². The fourth-order valence-electron chi connectivity index (χ4n) is 0. The van der Waals surface area contributed by atoms with Crippen molar-refractivity contribution < 1.29 is 53.6 Å². The van der Waals surface area contributed by atoms with Gasteiger partial charge < -0.3 is 27.4 Å². The fourth-order valence-corrected chi connectivity index (χ4v) is 0. The van der Waals surface area contributed by atoms with Crippen molar-refractivity contribution >= 4 is 34.0 Å². The predicted molar refractivity (Wildman–Crippen MR) is 14.9 cm³/mol. The third-order valence-corrected chi connectivity index (χ3v) is 0. The minimum absolute atomic E-state index is 0. The first-order valence-electron chi connectivity index (χ1n) is 0. The van der Waals surface area contributed by atoms with Crippen LogP contribution in [0.4, 0.5) is 0 Å². The maximum Gasteiger partial charge on any atom is 4.00 e. The van der Waals surface area contributed by atoms with Gasteiger partial charge in [-0.25, -0.2) is 0 Å². The molecule has 0 atom stereocenters. The summed E-state index contributed by atoms with van der Waals surface area (Å²) < 4.78 is 0. The topological polar surface area (TPSA) is 142 Å². The molecule has 0 aliphatic heterocycles. The fraction of sp³-hybridized carbons (Fsp3) is 0. The van der Waals surface area contributed by atoms with Gasteiger partial charge in [-0.15, -0.1) is 0 Å². The normalized spacial score (nSPS) is 0. The monoisotopic (exact) mass is 222 g/mol. The van der Waals surface area contributed by atoms with Crippen molar-refractivity contribution in [3.63, 3.8) is 0 Å². The van der Waals surface area contributed by atoms with E-state index < -0.39 is 0 Å². The standard InChI is InChI=1S/Mg.5O.Si.Zr/q+2;5*-2;2*+4. The molecule has 40 valence electrons. The smallest absolute Gasteiger partial charge is 2.00 e. The van der Waals surface area contributed by atoms with Crippen LogP contribution in [-0.2, 0) is 53.6 Å². The van der Waals surface area contributed by atoms with Gasteiger partial charge in [-0.2, -0.15) is 0 Å². The first kappa shape index (κ1) is 261. The van der Waals surface area contributed by atoms with E-state index in [2.05, 4.69) is 0 Å². The van der Waals surface area contributed by atoms with Gasteiger partial charge in [0.1, 0.15) is 0 Å². The van der Waals surface area contributed by atoms with Crippen molar-refractivity contribution in [2.75, 3.05) is 0 Å². The largest absolute Gasteiger partial charge is 4.00 e. The molecule has 0 aromatic heterocycles. The average molecular weight is 224 g/mol. The zero-order chi connectivity index (χ0) is 0. The van der Waals surface area contributed by atoms with Crippen LogP contribution in [0, 0.1) is 0 Å². The molecule has 0 aromatic carbocycles. The Labute approximate surface area is 87.1 Å².